The monoisotopic (exact) mass is 240 g/mol. The first-order chi connectivity index (χ1) is 8.63. The van der Waals surface area contributed by atoms with Gasteiger partial charge in [0.1, 0.15) is 0 Å². The molecule has 3 heterocycles. The molecule has 0 aliphatic heterocycles. The van der Waals surface area contributed by atoms with Crippen molar-refractivity contribution in [2.75, 3.05) is 5.73 Å². The van der Waals surface area contributed by atoms with Gasteiger partial charge in [0.05, 0.1) is 17.1 Å². The Morgan fingerprint density at radius 2 is 1.94 bits per heavy atom. The fourth-order valence-electron chi connectivity index (χ4n) is 1.99. The first-order valence-electron chi connectivity index (χ1n) is 5.57. The Balaban J connectivity index is 2.33. The zero-order chi connectivity index (χ0) is 12.7. The topological polar surface area (TPSA) is 65.3 Å². The van der Waals surface area contributed by atoms with E-state index in [1.54, 1.807) is 12.4 Å². The van der Waals surface area contributed by atoms with E-state index in [4.69, 9.17) is 5.73 Å². The molecule has 0 aliphatic carbocycles. The number of aryl methyl sites for hydroxylation is 1. The number of hydrogen-bond donors (Lipinski definition) is 1. The van der Waals surface area contributed by atoms with E-state index < -0.39 is 0 Å². The number of pyridine rings is 2. The summed E-state index contributed by atoms with van der Waals surface area (Å²) in [7, 11) is 0. The molecular formula is C13H12N4O. The van der Waals surface area contributed by atoms with Gasteiger partial charge < -0.3 is 14.7 Å². The lowest BCUT2D eigenvalue weighted by Crippen LogP contribution is -2.04. The van der Waals surface area contributed by atoms with Crippen LogP contribution in [0.4, 0.5) is 5.69 Å². The second kappa shape index (κ2) is 3.73. The Morgan fingerprint density at radius 3 is 2.67 bits per heavy atom. The Hall–Kier alpha value is -2.56. The third-order valence-corrected chi connectivity index (χ3v) is 2.75. The van der Waals surface area contributed by atoms with E-state index >= 15 is 0 Å². The maximum Gasteiger partial charge on any atom is 0.181 e. The van der Waals surface area contributed by atoms with Crippen LogP contribution in [0.5, 0.6) is 0 Å². The van der Waals surface area contributed by atoms with E-state index in [1.807, 2.05) is 34.4 Å². The molecule has 0 aromatic carbocycles. The number of hydrogen-bond acceptors (Lipinski definition) is 3. The van der Waals surface area contributed by atoms with Gasteiger partial charge in [-0.1, -0.05) is 0 Å². The Kier molecular flexibility index (Phi) is 2.19. The molecule has 18 heavy (non-hydrogen) atoms. The van der Waals surface area contributed by atoms with Gasteiger partial charge in [-0.15, -0.1) is 0 Å². The van der Waals surface area contributed by atoms with Crippen LogP contribution in [-0.2, 0) is 0 Å². The van der Waals surface area contributed by atoms with Crippen LogP contribution >= 0.6 is 0 Å². The van der Waals surface area contributed by atoms with E-state index in [2.05, 4.69) is 4.98 Å². The lowest BCUT2D eigenvalue weighted by atomic mass is 10.3. The molecule has 0 bridgehead atoms. The third kappa shape index (κ3) is 1.66. The van der Waals surface area contributed by atoms with Gasteiger partial charge >= 0.3 is 0 Å². The minimum atomic E-state index is -0.0225. The number of nitrogens with zero attached hydrogens (tertiary/aromatic N) is 3. The largest absolute Gasteiger partial charge is 0.397 e. The normalized spacial score (nSPS) is 10.9. The summed E-state index contributed by atoms with van der Waals surface area (Å²) in [5, 5.41) is 0. The van der Waals surface area contributed by atoms with E-state index in [0.29, 0.717) is 5.69 Å². The highest BCUT2D eigenvalue weighted by molar-refractivity contribution is 5.64. The van der Waals surface area contributed by atoms with Crippen molar-refractivity contribution in [3.05, 3.63) is 58.9 Å². The number of anilines is 1. The van der Waals surface area contributed by atoms with Crippen molar-refractivity contribution in [3.63, 3.8) is 0 Å². The van der Waals surface area contributed by atoms with Crippen LogP contribution in [0.1, 0.15) is 5.69 Å². The Labute approximate surface area is 103 Å². The third-order valence-electron chi connectivity index (χ3n) is 2.75. The predicted octanol–water partition coefficient (Wildman–Crippen LogP) is 1.38. The molecule has 0 amide bonds. The first kappa shape index (κ1) is 10.6. The van der Waals surface area contributed by atoms with Crippen molar-refractivity contribution in [1.82, 2.24) is 14.0 Å². The molecule has 3 aromatic heterocycles. The zero-order valence-electron chi connectivity index (χ0n) is 9.87. The molecular weight excluding hydrogens is 228 g/mol. The van der Waals surface area contributed by atoms with Gasteiger partial charge in [0, 0.05) is 36.9 Å². The second-order valence-electron chi connectivity index (χ2n) is 4.21. The standard InChI is InChI=1S/C13H12N4O/c1-9-7-17-8-10(14)6-12(13(17)15-9)16-4-2-11(18)3-5-16/h2-8H,14H2,1H3. The summed E-state index contributed by atoms with van der Waals surface area (Å²) in [6, 6.07) is 4.86. The summed E-state index contributed by atoms with van der Waals surface area (Å²) in [5.74, 6) is 0. The molecule has 0 atom stereocenters. The molecule has 5 nitrogen and oxygen atoms in total. The van der Waals surface area contributed by atoms with Gasteiger partial charge in [-0.05, 0) is 13.0 Å². The Morgan fingerprint density at radius 1 is 1.22 bits per heavy atom. The molecule has 0 saturated heterocycles. The SMILES string of the molecule is Cc1cn2cc(N)cc(-n3ccc(=O)cc3)c2n1. The zero-order valence-corrected chi connectivity index (χ0v) is 9.87. The summed E-state index contributed by atoms with van der Waals surface area (Å²) in [6.07, 6.45) is 7.15. The molecule has 0 saturated carbocycles. The fraction of sp³-hybridized carbons (Fsp3) is 0.0769. The fourth-order valence-corrected chi connectivity index (χ4v) is 1.99. The van der Waals surface area contributed by atoms with Crippen LogP contribution in [0.25, 0.3) is 11.3 Å². The molecule has 0 fully saturated rings. The van der Waals surface area contributed by atoms with E-state index in [-0.39, 0.29) is 5.43 Å². The smallest absolute Gasteiger partial charge is 0.181 e. The van der Waals surface area contributed by atoms with E-state index in [1.165, 1.54) is 12.1 Å². The van der Waals surface area contributed by atoms with E-state index in [0.717, 1.165) is 17.0 Å². The summed E-state index contributed by atoms with van der Waals surface area (Å²) >= 11 is 0. The second-order valence-corrected chi connectivity index (χ2v) is 4.21. The highest BCUT2D eigenvalue weighted by atomic mass is 16.1. The Bertz CT molecular complexity index is 765. The minimum Gasteiger partial charge on any atom is -0.397 e. The predicted molar refractivity (Wildman–Crippen MR) is 69.9 cm³/mol. The van der Waals surface area contributed by atoms with Crippen molar-refractivity contribution >= 4 is 11.3 Å². The lowest BCUT2D eigenvalue weighted by molar-refractivity contribution is 1.02. The number of aromatic nitrogens is 3. The number of nitrogens with two attached hydrogens (primary N) is 1. The molecule has 2 N–H and O–H groups in total. The van der Waals surface area contributed by atoms with Crippen LogP contribution in [0.2, 0.25) is 0 Å². The molecule has 3 rings (SSSR count). The van der Waals surface area contributed by atoms with Gasteiger partial charge in [-0.25, -0.2) is 4.98 Å². The van der Waals surface area contributed by atoms with Gasteiger partial charge in [0.15, 0.2) is 11.1 Å². The summed E-state index contributed by atoms with van der Waals surface area (Å²) < 4.78 is 3.72. The first-order valence-corrected chi connectivity index (χ1v) is 5.57. The number of imidazole rings is 1. The maximum absolute atomic E-state index is 11.1. The van der Waals surface area contributed by atoms with E-state index in [9.17, 15) is 4.79 Å². The highest BCUT2D eigenvalue weighted by Gasteiger charge is 2.07. The highest BCUT2D eigenvalue weighted by Crippen LogP contribution is 2.18. The van der Waals surface area contributed by atoms with Crippen molar-refractivity contribution in [1.29, 1.82) is 0 Å². The van der Waals surface area contributed by atoms with Gasteiger partial charge in [-0.3, -0.25) is 4.79 Å². The molecule has 90 valence electrons. The van der Waals surface area contributed by atoms with Crippen molar-refractivity contribution in [2.24, 2.45) is 0 Å². The summed E-state index contributed by atoms with van der Waals surface area (Å²) in [6.45, 7) is 1.93. The summed E-state index contributed by atoms with van der Waals surface area (Å²) in [5.41, 5.74) is 9.08. The molecule has 0 unspecified atom stereocenters. The van der Waals surface area contributed by atoms with Gasteiger partial charge in [0.2, 0.25) is 0 Å². The number of nitrogen functional groups attached to an aromatic ring is 1. The van der Waals surface area contributed by atoms with Gasteiger partial charge in [0.25, 0.3) is 0 Å². The molecule has 0 spiro atoms. The van der Waals surface area contributed by atoms with Crippen LogP contribution in [0.15, 0.2) is 47.8 Å². The quantitative estimate of drug-likeness (QED) is 0.698. The molecule has 3 aromatic rings. The van der Waals surface area contributed by atoms with Crippen LogP contribution in [0, 0.1) is 6.92 Å². The minimum absolute atomic E-state index is 0.0225. The van der Waals surface area contributed by atoms with Crippen molar-refractivity contribution < 1.29 is 0 Å². The van der Waals surface area contributed by atoms with Crippen LogP contribution in [-0.4, -0.2) is 14.0 Å². The van der Waals surface area contributed by atoms with Crippen molar-refractivity contribution in [3.8, 4) is 5.69 Å². The van der Waals surface area contributed by atoms with Crippen LogP contribution < -0.4 is 11.2 Å². The lowest BCUT2D eigenvalue weighted by Gasteiger charge is -2.08. The molecule has 0 aliphatic rings. The average Bonchev–Trinajstić information content (AvgIpc) is 2.69. The molecule has 5 heteroatoms. The number of fused-ring (bicyclic) bond motifs is 1. The molecule has 0 radical (unpaired) electrons. The van der Waals surface area contributed by atoms with Crippen molar-refractivity contribution in [2.45, 2.75) is 6.92 Å². The van der Waals surface area contributed by atoms with Gasteiger partial charge in [-0.2, -0.15) is 0 Å². The average molecular weight is 240 g/mol. The summed E-state index contributed by atoms with van der Waals surface area (Å²) in [4.78, 5) is 15.6. The maximum atomic E-state index is 11.1. The van der Waals surface area contributed by atoms with Crippen LogP contribution in [0.3, 0.4) is 0 Å². The number of rotatable bonds is 1.